The Morgan fingerprint density at radius 2 is 1.58 bits per heavy atom. The number of benzene rings is 2. The average molecular weight is 465 g/mol. The van der Waals surface area contributed by atoms with E-state index in [4.69, 9.17) is 12.2 Å². The maximum Gasteiger partial charge on any atom is 0.273 e. The van der Waals surface area contributed by atoms with Crippen molar-refractivity contribution < 1.29 is 4.79 Å². The highest BCUT2D eigenvalue weighted by Crippen LogP contribution is 2.52. The average Bonchev–Trinajstić information content (AvgIpc) is 3.27. The SMILES string of the molecule is Cc1ccc(N2C(=O)C(=C3Sc4c(nc(C)[nH]c4=O)N3c3ccccc3)SC2=S)cc1. The van der Waals surface area contributed by atoms with E-state index in [1.807, 2.05) is 66.4 Å². The molecule has 154 valence electrons. The molecule has 2 aliphatic heterocycles. The highest BCUT2D eigenvalue weighted by molar-refractivity contribution is 8.27. The Hall–Kier alpha value is -2.88. The second-order valence-corrected chi connectivity index (χ2v) is 9.70. The summed E-state index contributed by atoms with van der Waals surface area (Å²) in [5.74, 6) is 0.829. The van der Waals surface area contributed by atoms with Gasteiger partial charge in [0.05, 0.1) is 5.69 Å². The molecule has 3 aromatic rings. The van der Waals surface area contributed by atoms with Gasteiger partial charge in [0.15, 0.2) is 10.1 Å². The van der Waals surface area contributed by atoms with Gasteiger partial charge in [0.1, 0.15) is 20.7 Å². The first-order valence-corrected chi connectivity index (χ1v) is 11.5. The summed E-state index contributed by atoms with van der Waals surface area (Å²) in [6.07, 6.45) is 0. The Balaban J connectivity index is 1.67. The van der Waals surface area contributed by atoms with Gasteiger partial charge in [-0.15, -0.1) is 0 Å². The Morgan fingerprint density at radius 1 is 0.903 bits per heavy atom. The number of hydrogen-bond acceptors (Lipinski definition) is 7. The molecule has 1 amide bonds. The van der Waals surface area contributed by atoms with Gasteiger partial charge in [-0.25, -0.2) is 4.98 Å². The zero-order valence-electron chi connectivity index (χ0n) is 16.6. The number of H-pyrrole nitrogens is 1. The molecule has 1 N–H and O–H groups in total. The number of para-hydroxylation sites is 1. The number of aromatic amines is 1. The Kier molecular flexibility index (Phi) is 4.96. The van der Waals surface area contributed by atoms with E-state index in [0.29, 0.717) is 30.8 Å². The zero-order chi connectivity index (χ0) is 21.7. The van der Waals surface area contributed by atoms with Crippen LogP contribution in [-0.4, -0.2) is 20.2 Å². The molecule has 0 atom stereocenters. The third kappa shape index (κ3) is 3.38. The second kappa shape index (κ2) is 7.67. The number of aromatic nitrogens is 2. The lowest BCUT2D eigenvalue weighted by Crippen LogP contribution is -2.28. The predicted molar refractivity (Wildman–Crippen MR) is 130 cm³/mol. The molecule has 9 heteroatoms. The second-order valence-electron chi connectivity index (χ2n) is 7.06. The number of hydrogen-bond donors (Lipinski definition) is 1. The monoisotopic (exact) mass is 464 g/mol. The largest absolute Gasteiger partial charge is 0.310 e. The van der Waals surface area contributed by atoms with Crippen molar-refractivity contribution in [2.75, 3.05) is 9.80 Å². The molecular formula is C22H16N4O2S3. The number of amides is 1. The van der Waals surface area contributed by atoms with E-state index in [9.17, 15) is 9.59 Å². The van der Waals surface area contributed by atoms with Crippen molar-refractivity contribution in [1.82, 2.24) is 9.97 Å². The molecule has 0 radical (unpaired) electrons. The minimum atomic E-state index is -0.225. The highest BCUT2D eigenvalue weighted by Gasteiger charge is 2.41. The van der Waals surface area contributed by atoms with Crippen LogP contribution in [0.5, 0.6) is 0 Å². The molecule has 6 nitrogen and oxygen atoms in total. The van der Waals surface area contributed by atoms with Crippen LogP contribution in [0, 0.1) is 13.8 Å². The van der Waals surface area contributed by atoms with Crippen molar-refractivity contribution in [2.45, 2.75) is 18.7 Å². The van der Waals surface area contributed by atoms with E-state index in [2.05, 4.69) is 9.97 Å². The number of carbonyl (C=O) groups is 1. The lowest BCUT2D eigenvalue weighted by Gasteiger charge is -2.20. The summed E-state index contributed by atoms with van der Waals surface area (Å²) in [5.41, 5.74) is 2.42. The minimum Gasteiger partial charge on any atom is -0.310 e. The van der Waals surface area contributed by atoms with Gasteiger partial charge < -0.3 is 4.98 Å². The van der Waals surface area contributed by atoms with E-state index in [1.54, 1.807) is 6.92 Å². The quantitative estimate of drug-likeness (QED) is 0.429. The van der Waals surface area contributed by atoms with E-state index in [-0.39, 0.29) is 11.5 Å². The molecule has 0 aliphatic carbocycles. The normalized spacial score (nSPS) is 18.1. The molecule has 0 saturated carbocycles. The summed E-state index contributed by atoms with van der Waals surface area (Å²) in [6, 6.07) is 17.3. The fourth-order valence-electron chi connectivity index (χ4n) is 3.42. The third-order valence-electron chi connectivity index (χ3n) is 4.86. The number of thiocarbonyl (C=S) groups is 1. The molecule has 1 saturated heterocycles. The molecule has 0 spiro atoms. The molecule has 1 aromatic heterocycles. The predicted octanol–water partition coefficient (Wildman–Crippen LogP) is 4.86. The smallest absolute Gasteiger partial charge is 0.273 e. The molecular weight excluding hydrogens is 448 g/mol. The van der Waals surface area contributed by atoms with Crippen molar-refractivity contribution in [2.24, 2.45) is 0 Å². The van der Waals surface area contributed by atoms with Gasteiger partial charge in [-0.1, -0.05) is 71.6 Å². The van der Waals surface area contributed by atoms with E-state index >= 15 is 0 Å². The standard InChI is InChI=1S/C22H16N4O2S3/c1-12-8-10-15(11-9-12)26-20(28)17(31-22(26)29)21-25(14-6-4-3-5-7-14)18-16(30-21)19(27)24-13(2)23-18/h3-11H,1-2H3,(H,23,24,27). The van der Waals surface area contributed by atoms with Crippen LogP contribution in [0.1, 0.15) is 11.4 Å². The number of aryl methyl sites for hydroxylation is 2. The van der Waals surface area contributed by atoms with Gasteiger partial charge in [0.2, 0.25) is 0 Å². The first-order chi connectivity index (χ1) is 14.9. The van der Waals surface area contributed by atoms with Gasteiger partial charge in [-0.3, -0.25) is 19.4 Å². The van der Waals surface area contributed by atoms with Crippen LogP contribution in [0.15, 0.2) is 74.2 Å². The van der Waals surface area contributed by atoms with Gasteiger partial charge in [0, 0.05) is 5.69 Å². The summed E-state index contributed by atoms with van der Waals surface area (Å²) in [7, 11) is 0. The molecule has 1 fully saturated rings. The van der Waals surface area contributed by atoms with Gasteiger partial charge in [0.25, 0.3) is 11.5 Å². The highest BCUT2D eigenvalue weighted by atomic mass is 32.2. The van der Waals surface area contributed by atoms with Crippen molar-refractivity contribution in [3.05, 3.63) is 86.3 Å². The lowest BCUT2D eigenvalue weighted by atomic mass is 10.2. The molecule has 31 heavy (non-hydrogen) atoms. The zero-order valence-corrected chi connectivity index (χ0v) is 19.0. The molecule has 2 aromatic carbocycles. The topological polar surface area (TPSA) is 69.3 Å². The van der Waals surface area contributed by atoms with Gasteiger partial charge in [-0.2, -0.15) is 0 Å². The van der Waals surface area contributed by atoms with Crippen molar-refractivity contribution >= 4 is 63.2 Å². The van der Waals surface area contributed by atoms with Crippen LogP contribution in [0.4, 0.5) is 17.2 Å². The number of nitrogens with one attached hydrogen (secondary N) is 1. The van der Waals surface area contributed by atoms with Crippen LogP contribution in [0.25, 0.3) is 0 Å². The summed E-state index contributed by atoms with van der Waals surface area (Å²) < 4.78 is 0.457. The summed E-state index contributed by atoms with van der Waals surface area (Å²) in [5, 5.41) is 0.636. The Morgan fingerprint density at radius 3 is 2.29 bits per heavy atom. The Bertz CT molecular complexity index is 1320. The van der Waals surface area contributed by atoms with E-state index in [0.717, 1.165) is 16.9 Å². The molecule has 0 unspecified atom stereocenters. The number of fused-ring (bicyclic) bond motifs is 1. The number of rotatable bonds is 2. The molecule has 3 heterocycles. The fourth-order valence-corrected chi connectivity index (χ4v) is 5.95. The first-order valence-electron chi connectivity index (χ1n) is 9.45. The van der Waals surface area contributed by atoms with Crippen LogP contribution in [-0.2, 0) is 4.79 Å². The van der Waals surface area contributed by atoms with Gasteiger partial charge in [-0.05, 0) is 38.1 Å². The van der Waals surface area contributed by atoms with Gasteiger partial charge >= 0.3 is 0 Å². The summed E-state index contributed by atoms with van der Waals surface area (Å²) in [6.45, 7) is 3.73. The van der Waals surface area contributed by atoms with Crippen LogP contribution in [0.2, 0.25) is 0 Å². The lowest BCUT2D eigenvalue weighted by molar-refractivity contribution is -0.113. The number of anilines is 3. The van der Waals surface area contributed by atoms with E-state index in [1.165, 1.54) is 28.4 Å². The van der Waals surface area contributed by atoms with Crippen molar-refractivity contribution in [3.63, 3.8) is 0 Å². The maximum atomic E-state index is 13.5. The number of thioether (sulfide) groups is 2. The molecule has 0 bridgehead atoms. The third-order valence-corrected chi connectivity index (χ3v) is 7.50. The van der Waals surface area contributed by atoms with Crippen LogP contribution in [0.3, 0.4) is 0 Å². The molecule has 5 rings (SSSR count). The minimum absolute atomic E-state index is 0.205. The number of carbonyl (C=O) groups excluding carboxylic acids is 1. The fraction of sp³-hybridized carbons (Fsp3) is 0.0909. The first kappa shape index (κ1) is 20.0. The van der Waals surface area contributed by atoms with Crippen LogP contribution < -0.4 is 15.4 Å². The number of nitrogens with zero attached hydrogens (tertiary/aromatic N) is 3. The maximum absolute atomic E-state index is 13.5. The summed E-state index contributed by atoms with van der Waals surface area (Å²) in [4.78, 5) is 37.8. The summed E-state index contributed by atoms with van der Waals surface area (Å²) >= 11 is 8.05. The van der Waals surface area contributed by atoms with Crippen molar-refractivity contribution in [3.8, 4) is 0 Å². The molecule has 2 aliphatic rings. The van der Waals surface area contributed by atoms with E-state index < -0.39 is 0 Å². The van der Waals surface area contributed by atoms with Crippen molar-refractivity contribution in [1.29, 1.82) is 0 Å². The van der Waals surface area contributed by atoms with Crippen LogP contribution >= 0.6 is 35.7 Å². The Labute approximate surface area is 192 Å².